The minimum atomic E-state index is -0.777. The van der Waals surface area contributed by atoms with E-state index in [0.717, 1.165) is 64.2 Å². The summed E-state index contributed by atoms with van der Waals surface area (Å²) in [6.45, 7) is 6.64. The first kappa shape index (κ1) is 65.6. The maximum atomic E-state index is 12.9. The van der Waals surface area contributed by atoms with Gasteiger partial charge in [0.2, 0.25) is 0 Å². The molecule has 0 bridgehead atoms. The first-order chi connectivity index (χ1) is 33.5. The fraction of sp³-hybridized carbons (Fsp3) is 0.855. The number of unbranched alkanes of at least 4 members (excludes halogenated alkanes) is 38. The third-order valence-corrected chi connectivity index (χ3v) is 13.3. The lowest BCUT2D eigenvalue weighted by molar-refractivity contribution is -0.167. The minimum Gasteiger partial charge on any atom is -0.462 e. The largest absolute Gasteiger partial charge is 0.462 e. The van der Waals surface area contributed by atoms with Gasteiger partial charge in [-0.2, -0.15) is 0 Å². The Hall–Kier alpha value is -2.37. The fourth-order valence-corrected chi connectivity index (χ4v) is 8.78. The van der Waals surface area contributed by atoms with Crippen molar-refractivity contribution in [2.24, 2.45) is 0 Å². The van der Waals surface area contributed by atoms with Crippen LogP contribution in [-0.4, -0.2) is 37.2 Å². The average molecular weight is 956 g/mol. The standard InChI is InChI=1S/C62H114O6/c1-4-7-10-13-16-19-22-25-27-29-30-31-32-34-35-37-40-43-46-49-52-55-61(64)67-58-59(57-66-60(63)54-51-48-45-42-39-24-21-18-15-12-9-6-3)68-62(65)56-53-50-47-44-41-38-36-33-28-26-23-20-17-14-11-8-5-2/h18,21,26,28-30,59H,4-17,19-20,22-25,27,31-58H2,1-3H3/b21-18-,28-26-,30-29-. The number of allylic oxidation sites excluding steroid dienone is 6. The number of ether oxygens (including phenoxy) is 3. The summed E-state index contributed by atoms with van der Waals surface area (Å²) in [5.41, 5.74) is 0. The van der Waals surface area contributed by atoms with Crippen LogP contribution in [0.25, 0.3) is 0 Å². The molecular weight excluding hydrogens is 841 g/mol. The van der Waals surface area contributed by atoms with Crippen LogP contribution in [0.2, 0.25) is 0 Å². The van der Waals surface area contributed by atoms with Crippen molar-refractivity contribution in [2.45, 2.75) is 329 Å². The Morgan fingerprint density at radius 3 is 0.765 bits per heavy atom. The van der Waals surface area contributed by atoms with Crippen LogP contribution in [0.1, 0.15) is 323 Å². The highest BCUT2D eigenvalue weighted by molar-refractivity contribution is 5.71. The summed E-state index contributed by atoms with van der Waals surface area (Å²) in [6.07, 6.45) is 68.5. The van der Waals surface area contributed by atoms with Crippen molar-refractivity contribution in [2.75, 3.05) is 13.2 Å². The zero-order chi connectivity index (χ0) is 49.3. The smallest absolute Gasteiger partial charge is 0.306 e. The first-order valence-corrected chi connectivity index (χ1v) is 30.0. The molecule has 0 spiro atoms. The van der Waals surface area contributed by atoms with Gasteiger partial charge in [-0.05, 0) is 96.3 Å². The minimum absolute atomic E-state index is 0.0752. The average Bonchev–Trinajstić information content (AvgIpc) is 3.34. The third-order valence-electron chi connectivity index (χ3n) is 13.3. The molecule has 0 amide bonds. The van der Waals surface area contributed by atoms with Crippen LogP contribution in [0, 0.1) is 0 Å². The van der Waals surface area contributed by atoms with Gasteiger partial charge < -0.3 is 14.2 Å². The summed E-state index contributed by atoms with van der Waals surface area (Å²) in [6, 6.07) is 0. The van der Waals surface area contributed by atoms with E-state index in [1.165, 1.54) is 218 Å². The van der Waals surface area contributed by atoms with Crippen molar-refractivity contribution in [3.63, 3.8) is 0 Å². The molecule has 0 N–H and O–H groups in total. The molecule has 0 aromatic heterocycles. The van der Waals surface area contributed by atoms with Crippen molar-refractivity contribution in [1.29, 1.82) is 0 Å². The second-order valence-corrected chi connectivity index (χ2v) is 20.2. The van der Waals surface area contributed by atoms with Gasteiger partial charge in [0.1, 0.15) is 13.2 Å². The molecule has 0 aliphatic carbocycles. The normalized spacial score (nSPS) is 12.2. The molecule has 0 aromatic carbocycles. The molecule has 1 atom stereocenters. The van der Waals surface area contributed by atoms with Gasteiger partial charge in [-0.15, -0.1) is 0 Å². The number of carbonyl (C=O) groups excluding carboxylic acids is 3. The van der Waals surface area contributed by atoms with Gasteiger partial charge in [0.05, 0.1) is 0 Å². The van der Waals surface area contributed by atoms with Crippen LogP contribution >= 0.6 is 0 Å². The van der Waals surface area contributed by atoms with E-state index in [1.54, 1.807) is 0 Å². The Labute approximate surface area is 423 Å². The van der Waals surface area contributed by atoms with Gasteiger partial charge in [-0.1, -0.05) is 243 Å². The van der Waals surface area contributed by atoms with Crippen molar-refractivity contribution < 1.29 is 28.6 Å². The van der Waals surface area contributed by atoms with Gasteiger partial charge in [0.15, 0.2) is 6.10 Å². The molecule has 398 valence electrons. The fourth-order valence-electron chi connectivity index (χ4n) is 8.78. The number of rotatable bonds is 55. The van der Waals surface area contributed by atoms with Crippen molar-refractivity contribution in [3.05, 3.63) is 36.5 Å². The van der Waals surface area contributed by atoms with Gasteiger partial charge >= 0.3 is 17.9 Å². The summed E-state index contributed by atoms with van der Waals surface area (Å²) in [7, 11) is 0. The second-order valence-electron chi connectivity index (χ2n) is 20.2. The van der Waals surface area contributed by atoms with Crippen LogP contribution in [0.15, 0.2) is 36.5 Å². The molecule has 0 aliphatic heterocycles. The summed E-state index contributed by atoms with van der Waals surface area (Å²) in [5, 5.41) is 0. The van der Waals surface area contributed by atoms with E-state index >= 15 is 0 Å². The molecule has 0 aromatic rings. The molecule has 68 heavy (non-hydrogen) atoms. The summed E-state index contributed by atoms with van der Waals surface area (Å²) < 4.78 is 16.9. The molecule has 6 nitrogen and oxygen atoms in total. The Balaban J connectivity index is 4.30. The predicted octanol–water partition coefficient (Wildman–Crippen LogP) is 20.0. The highest BCUT2D eigenvalue weighted by Gasteiger charge is 2.19. The van der Waals surface area contributed by atoms with Gasteiger partial charge in [0.25, 0.3) is 0 Å². The van der Waals surface area contributed by atoms with E-state index in [2.05, 4.69) is 57.2 Å². The quantitative estimate of drug-likeness (QED) is 0.0262. The van der Waals surface area contributed by atoms with E-state index in [4.69, 9.17) is 14.2 Å². The van der Waals surface area contributed by atoms with E-state index < -0.39 is 6.10 Å². The van der Waals surface area contributed by atoms with Crippen LogP contribution in [0.5, 0.6) is 0 Å². The number of esters is 3. The van der Waals surface area contributed by atoms with Crippen molar-refractivity contribution in [3.8, 4) is 0 Å². The molecule has 6 heteroatoms. The van der Waals surface area contributed by atoms with Crippen LogP contribution in [0.3, 0.4) is 0 Å². The zero-order valence-electron chi connectivity index (χ0n) is 45.6. The predicted molar refractivity (Wildman–Crippen MR) is 293 cm³/mol. The molecule has 1 unspecified atom stereocenters. The number of hydrogen-bond donors (Lipinski definition) is 0. The van der Waals surface area contributed by atoms with Crippen LogP contribution in [-0.2, 0) is 28.6 Å². The zero-order valence-corrected chi connectivity index (χ0v) is 45.6. The van der Waals surface area contributed by atoms with E-state index in [1.807, 2.05) is 0 Å². The van der Waals surface area contributed by atoms with Crippen LogP contribution in [0.4, 0.5) is 0 Å². The summed E-state index contributed by atoms with van der Waals surface area (Å²) >= 11 is 0. The van der Waals surface area contributed by atoms with E-state index in [9.17, 15) is 14.4 Å². The van der Waals surface area contributed by atoms with Crippen molar-refractivity contribution >= 4 is 17.9 Å². The molecule has 0 fully saturated rings. The number of carbonyl (C=O) groups is 3. The Morgan fingerprint density at radius 1 is 0.279 bits per heavy atom. The SMILES string of the molecule is CCCCC/C=C\CCCCCCCC(=O)OCC(COC(=O)CCCCCCCCCCC/C=C\CCCCCCCCCC)OC(=O)CCCCCCCCC/C=C\CCCCCCCC. The summed E-state index contributed by atoms with van der Waals surface area (Å²) in [4.78, 5) is 38.2. The Morgan fingerprint density at radius 2 is 0.485 bits per heavy atom. The van der Waals surface area contributed by atoms with E-state index in [0.29, 0.717) is 19.3 Å². The van der Waals surface area contributed by atoms with Crippen molar-refractivity contribution in [1.82, 2.24) is 0 Å². The van der Waals surface area contributed by atoms with Crippen LogP contribution < -0.4 is 0 Å². The molecule has 0 radical (unpaired) electrons. The topological polar surface area (TPSA) is 78.9 Å². The van der Waals surface area contributed by atoms with E-state index in [-0.39, 0.29) is 31.1 Å². The monoisotopic (exact) mass is 955 g/mol. The molecule has 0 heterocycles. The molecule has 0 saturated heterocycles. The molecular formula is C62H114O6. The second kappa shape index (κ2) is 57.2. The molecule has 0 rings (SSSR count). The maximum Gasteiger partial charge on any atom is 0.306 e. The lowest BCUT2D eigenvalue weighted by Gasteiger charge is -2.18. The lowest BCUT2D eigenvalue weighted by Crippen LogP contribution is -2.30. The lowest BCUT2D eigenvalue weighted by atomic mass is 10.1. The Bertz CT molecular complexity index is 1140. The van der Waals surface area contributed by atoms with Gasteiger partial charge in [0, 0.05) is 19.3 Å². The number of hydrogen-bond acceptors (Lipinski definition) is 6. The first-order valence-electron chi connectivity index (χ1n) is 30.0. The Kier molecular flexibility index (Phi) is 55.2. The maximum absolute atomic E-state index is 12.9. The summed E-state index contributed by atoms with van der Waals surface area (Å²) in [5.74, 6) is -0.874. The molecule has 0 aliphatic rings. The third kappa shape index (κ3) is 54.6. The van der Waals surface area contributed by atoms with Gasteiger partial charge in [-0.3, -0.25) is 14.4 Å². The highest BCUT2D eigenvalue weighted by Crippen LogP contribution is 2.16. The molecule has 0 saturated carbocycles. The highest BCUT2D eigenvalue weighted by atomic mass is 16.6. The van der Waals surface area contributed by atoms with Gasteiger partial charge in [-0.25, -0.2) is 0 Å².